The number of benzene rings is 2. The lowest BCUT2D eigenvalue weighted by molar-refractivity contribution is -0.138. The van der Waals surface area contributed by atoms with Crippen LogP contribution in [0, 0.1) is 12.5 Å². The molecule has 3 amide bonds. The van der Waals surface area contributed by atoms with Gasteiger partial charge < -0.3 is 20.5 Å². The number of ether oxygens (including phenoxy) is 1. The highest BCUT2D eigenvalue weighted by Gasteiger charge is 2.34. The number of alkyl carbamates (subject to hydrolysis) is 1. The van der Waals surface area contributed by atoms with Crippen LogP contribution in [0.5, 0.6) is 5.75 Å². The Labute approximate surface area is 193 Å². The first-order chi connectivity index (χ1) is 15.5. The molecule has 0 heterocycles. The Kier molecular flexibility index (Phi) is 8.46. The normalized spacial score (nSPS) is 12.6. The number of hydrogen-bond donors (Lipinski definition) is 3. The fourth-order valence-corrected chi connectivity index (χ4v) is 3.01. The van der Waals surface area contributed by atoms with E-state index in [0.29, 0.717) is 5.56 Å². The van der Waals surface area contributed by atoms with Crippen LogP contribution >= 0.6 is 0 Å². The van der Waals surface area contributed by atoms with Gasteiger partial charge in [-0.15, -0.1) is 0 Å². The molecule has 174 valence electrons. The Morgan fingerprint density at radius 1 is 1.12 bits per heavy atom. The summed E-state index contributed by atoms with van der Waals surface area (Å²) in [6.07, 6.45) is 4.84. The molecule has 0 aliphatic rings. The molecular formula is C25H29N3O5. The number of nitrogens with one attached hydrogen (secondary N) is 2. The third kappa shape index (κ3) is 7.58. The van der Waals surface area contributed by atoms with Gasteiger partial charge in [0.1, 0.15) is 23.4 Å². The van der Waals surface area contributed by atoms with Crippen molar-refractivity contribution in [3.05, 3.63) is 65.7 Å². The lowest BCUT2D eigenvalue weighted by Gasteiger charge is -2.29. The summed E-state index contributed by atoms with van der Waals surface area (Å²) in [4.78, 5) is 39.3. The highest BCUT2D eigenvalue weighted by molar-refractivity contribution is 5.93. The lowest BCUT2D eigenvalue weighted by Crippen LogP contribution is -2.50. The van der Waals surface area contributed by atoms with Crippen LogP contribution < -0.4 is 10.6 Å². The standard InChI is InChI=1S/C25H29N3O5/c1-6-28(23(31)17(2)27-24(32)33-25(3,4)5)21(19-13-10-14-20(29)15-19)22(30)26-16-18-11-8-7-9-12-18/h1,7-15,17,21,29H,16H2,2-5H3,(H,26,30)(H,27,32). The number of amides is 3. The first-order valence-electron chi connectivity index (χ1n) is 10.4. The van der Waals surface area contributed by atoms with Gasteiger partial charge in [0.25, 0.3) is 5.91 Å². The average molecular weight is 452 g/mol. The average Bonchev–Trinajstić information content (AvgIpc) is 2.74. The molecule has 0 bridgehead atoms. The zero-order valence-corrected chi connectivity index (χ0v) is 19.2. The summed E-state index contributed by atoms with van der Waals surface area (Å²) in [5.74, 6) is -1.32. The van der Waals surface area contributed by atoms with E-state index in [1.807, 2.05) is 30.3 Å². The molecule has 0 saturated carbocycles. The molecular weight excluding hydrogens is 422 g/mol. The molecule has 0 saturated heterocycles. The summed E-state index contributed by atoms with van der Waals surface area (Å²) < 4.78 is 5.18. The van der Waals surface area contributed by atoms with Crippen molar-refractivity contribution in [1.82, 2.24) is 15.5 Å². The number of rotatable bonds is 7. The number of nitrogens with zero attached hydrogens (tertiary/aromatic N) is 1. The Morgan fingerprint density at radius 2 is 1.79 bits per heavy atom. The SMILES string of the molecule is C#CN(C(=O)C(C)NC(=O)OC(C)(C)C)C(C(=O)NCc1ccccc1)c1cccc(O)c1. The van der Waals surface area contributed by atoms with Gasteiger partial charge in [0, 0.05) is 12.6 Å². The zero-order chi connectivity index (χ0) is 24.6. The Hall–Kier alpha value is -3.99. The molecule has 2 aromatic carbocycles. The van der Waals surface area contributed by atoms with Crippen LogP contribution in [0.1, 0.15) is 44.9 Å². The molecule has 0 fully saturated rings. The van der Waals surface area contributed by atoms with Crippen LogP contribution in [-0.2, 0) is 20.9 Å². The summed E-state index contributed by atoms with van der Waals surface area (Å²) in [5.41, 5.74) is 0.426. The van der Waals surface area contributed by atoms with E-state index >= 15 is 0 Å². The van der Waals surface area contributed by atoms with Gasteiger partial charge in [-0.05, 0) is 51.0 Å². The monoisotopic (exact) mass is 451 g/mol. The van der Waals surface area contributed by atoms with E-state index in [4.69, 9.17) is 11.2 Å². The smallest absolute Gasteiger partial charge is 0.408 e. The van der Waals surface area contributed by atoms with Crippen molar-refractivity contribution >= 4 is 17.9 Å². The molecule has 0 aromatic heterocycles. The van der Waals surface area contributed by atoms with Crippen molar-refractivity contribution in [2.24, 2.45) is 0 Å². The number of terminal acetylenes is 1. The minimum atomic E-state index is -1.24. The number of phenolic OH excluding ortho intramolecular Hbond substituents is 1. The molecule has 0 spiro atoms. The topological polar surface area (TPSA) is 108 Å². The minimum Gasteiger partial charge on any atom is -0.508 e. The van der Waals surface area contributed by atoms with Gasteiger partial charge in [-0.3, -0.25) is 14.5 Å². The van der Waals surface area contributed by atoms with E-state index in [1.54, 1.807) is 32.9 Å². The van der Waals surface area contributed by atoms with Crippen molar-refractivity contribution < 1.29 is 24.2 Å². The van der Waals surface area contributed by atoms with Gasteiger partial charge in [-0.25, -0.2) is 4.79 Å². The fraction of sp³-hybridized carbons (Fsp3) is 0.320. The van der Waals surface area contributed by atoms with Gasteiger partial charge in [0.15, 0.2) is 0 Å². The van der Waals surface area contributed by atoms with Crippen molar-refractivity contribution in [3.8, 4) is 18.2 Å². The van der Waals surface area contributed by atoms with Crippen LogP contribution in [-0.4, -0.2) is 39.6 Å². The molecule has 2 rings (SSSR count). The molecule has 33 heavy (non-hydrogen) atoms. The van der Waals surface area contributed by atoms with Crippen LogP contribution in [0.4, 0.5) is 4.79 Å². The number of carbonyl (C=O) groups is 3. The van der Waals surface area contributed by atoms with Crippen molar-refractivity contribution in [3.63, 3.8) is 0 Å². The second-order valence-corrected chi connectivity index (χ2v) is 8.41. The molecule has 0 aliphatic carbocycles. The number of phenols is 1. The highest BCUT2D eigenvalue weighted by Crippen LogP contribution is 2.25. The maximum atomic E-state index is 13.2. The third-order valence-electron chi connectivity index (χ3n) is 4.48. The molecule has 2 unspecified atom stereocenters. The Morgan fingerprint density at radius 3 is 2.36 bits per heavy atom. The summed E-state index contributed by atoms with van der Waals surface area (Å²) in [5, 5.41) is 15.1. The van der Waals surface area contributed by atoms with Crippen LogP contribution in [0.2, 0.25) is 0 Å². The zero-order valence-electron chi connectivity index (χ0n) is 19.2. The summed E-state index contributed by atoms with van der Waals surface area (Å²) in [7, 11) is 0. The van der Waals surface area contributed by atoms with Gasteiger partial charge in [-0.2, -0.15) is 0 Å². The first kappa shape index (κ1) is 25.3. The Balaban J connectivity index is 2.27. The van der Waals surface area contributed by atoms with E-state index in [0.717, 1.165) is 10.5 Å². The maximum absolute atomic E-state index is 13.2. The van der Waals surface area contributed by atoms with E-state index in [9.17, 15) is 19.5 Å². The maximum Gasteiger partial charge on any atom is 0.408 e. The molecule has 8 nitrogen and oxygen atoms in total. The van der Waals surface area contributed by atoms with Crippen molar-refractivity contribution in [1.29, 1.82) is 0 Å². The molecule has 2 aromatic rings. The van der Waals surface area contributed by atoms with E-state index < -0.39 is 35.6 Å². The first-order valence-corrected chi connectivity index (χ1v) is 10.4. The summed E-state index contributed by atoms with van der Waals surface area (Å²) in [6, 6.07) is 15.1. The number of aromatic hydroxyl groups is 1. The molecule has 2 atom stereocenters. The second-order valence-electron chi connectivity index (χ2n) is 8.41. The van der Waals surface area contributed by atoms with E-state index in [1.165, 1.54) is 19.1 Å². The van der Waals surface area contributed by atoms with Crippen LogP contribution in [0.25, 0.3) is 0 Å². The highest BCUT2D eigenvalue weighted by atomic mass is 16.6. The van der Waals surface area contributed by atoms with Gasteiger partial charge in [0.2, 0.25) is 5.91 Å². The van der Waals surface area contributed by atoms with Gasteiger partial charge in [0.05, 0.1) is 0 Å². The van der Waals surface area contributed by atoms with Crippen molar-refractivity contribution in [2.75, 3.05) is 0 Å². The van der Waals surface area contributed by atoms with E-state index in [-0.39, 0.29) is 12.3 Å². The van der Waals surface area contributed by atoms with Crippen LogP contribution in [0.15, 0.2) is 54.6 Å². The molecule has 0 radical (unpaired) electrons. The summed E-state index contributed by atoms with van der Waals surface area (Å²) in [6.45, 7) is 6.75. The van der Waals surface area contributed by atoms with Gasteiger partial charge in [-0.1, -0.05) is 48.9 Å². The summed E-state index contributed by atoms with van der Waals surface area (Å²) >= 11 is 0. The second kappa shape index (κ2) is 11.0. The van der Waals surface area contributed by atoms with Crippen LogP contribution in [0.3, 0.4) is 0 Å². The van der Waals surface area contributed by atoms with Crippen molar-refractivity contribution in [2.45, 2.75) is 51.9 Å². The molecule has 3 N–H and O–H groups in total. The molecule has 0 aliphatic heterocycles. The number of hydrogen-bond acceptors (Lipinski definition) is 5. The third-order valence-corrected chi connectivity index (χ3v) is 4.48. The number of carbonyl (C=O) groups excluding carboxylic acids is 3. The predicted octanol–water partition coefficient (Wildman–Crippen LogP) is 3.08. The van der Waals surface area contributed by atoms with Gasteiger partial charge >= 0.3 is 6.09 Å². The fourth-order valence-electron chi connectivity index (χ4n) is 3.01. The largest absolute Gasteiger partial charge is 0.508 e. The minimum absolute atomic E-state index is 0.0855. The predicted molar refractivity (Wildman–Crippen MR) is 124 cm³/mol. The van der Waals surface area contributed by atoms with E-state index in [2.05, 4.69) is 16.7 Å². The molecule has 8 heteroatoms. The lowest BCUT2D eigenvalue weighted by atomic mass is 10.0. The quantitative estimate of drug-likeness (QED) is 0.443. The Bertz CT molecular complexity index is 1020.